The van der Waals surface area contributed by atoms with E-state index < -0.39 is 11.9 Å². The van der Waals surface area contributed by atoms with Crippen molar-refractivity contribution in [2.75, 3.05) is 29.9 Å². The summed E-state index contributed by atoms with van der Waals surface area (Å²) in [7, 11) is 1.76. The molecule has 1 aromatic heterocycles. The molecule has 0 aliphatic carbocycles. The Bertz CT molecular complexity index is 675. The number of alkyl halides is 3. The second kappa shape index (κ2) is 6.67. The van der Waals surface area contributed by atoms with E-state index in [-0.39, 0.29) is 12.0 Å². The zero-order chi connectivity index (χ0) is 17.2. The van der Waals surface area contributed by atoms with Crippen LogP contribution in [0.2, 0.25) is 0 Å². The maximum atomic E-state index is 12.8. The van der Waals surface area contributed by atoms with Crippen LogP contribution in [-0.4, -0.2) is 36.1 Å². The molecule has 0 saturated carbocycles. The second-order valence-corrected chi connectivity index (χ2v) is 5.93. The average Bonchev–Trinajstić information content (AvgIpc) is 2.61. The third-order valence-corrected chi connectivity index (χ3v) is 4.31. The second-order valence-electron chi connectivity index (χ2n) is 5.93. The molecule has 7 heteroatoms. The van der Waals surface area contributed by atoms with E-state index in [0.717, 1.165) is 37.7 Å². The fraction of sp³-hybridized carbons (Fsp3) is 0.412. The molecule has 3 rings (SSSR count). The van der Waals surface area contributed by atoms with Crippen LogP contribution in [0.1, 0.15) is 18.5 Å². The van der Waals surface area contributed by atoms with Gasteiger partial charge in [0.1, 0.15) is 5.69 Å². The smallest absolute Gasteiger partial charge is 0.369 e. The van der Waals surface area contributed by atoms with E-state index >= 15 is 0 Å². The molecule has 0 spiro atoms. The van der Waals surface area contributed by atoms with Gasteiger partial charge in [-0.25, -0.2) is 9.97 Å². The normalized spacial score (nSPS) is 18.5. The molecule has 1 aliphatic rings. The van der Waals surface area contributed by atoms with Crippen LogP contribution in [0.4, 0.5) is 24.8 Å². The lowest BCUT2D eigenvalue weighted by molar-refractivity contribution is -0.141. The first-order valence-corrected chi connectivity index (χ1v) is 7.88. The minimum Gasteiger partial charge on any atom is -0.369 e. The molecule has 1 unspecified atom stereocenters. The van der Waals surface area contributed by atoms with Gasteiger partial charge in [0.15, 0.2) is 0 Å². The summed E-state index contributed by atoms with van der Waals surface area (Å²) in [5, 5.41) is 0. The maximum absolute atomic E-state index is 12.8. The van der Waals surface area contributed by atoms with E-state index in [9.17, 15) is 13.2 Å². The van der Waals surface area contributed by atoms with Gasteiger partial charge in [0, 0.05) is 38.1 Å². The standard InChI is InChI=1S/C17H19F3N4/c1-23(16-21-10-9-15(22-16)17(18,19)20)14-8-5-11-24(12-14)13-6-3-2-4-7-13/h2-4,6-7,9-10,14H,5,8,11-12H2,1H3. The lowest BCUT2D eigenvalue weighted by Crippen LogP contribution is -2.47. The number of halogens is 3. The van der Waals surface area contributed by atoms with Gasteiger partial charge in [0.05, 0.1) is 0 Å². The van der Waals surface area contributed by atoms with Crippen molar-refractivity contribution in [2.45, 2.75) is 25.1 Å². The lowest BCUT2D eigenvalue weighted by atomic mass is 10.0. The zero-order valence-electron chi connectivity index (χ0n) is 13.4. The predicted molar refractivity (Wildman–Crippen MR) is 87.1 cm³/mol. The number of aromatic nitrogens is 2. The van der Waals surface area contributed by atoms with Gasteiger partial charge in [-0.3, -0.25) is 0 Å². The number of rotatable bonds is 3. The van der Waals surface area contributed by atoms with E-state index in [1.807, 2.05) is 30.3 Å². The Morgan fingerprint density at radius 2 is 1.92 bits per heavy atom. The van der Waals surface area contributed by atoms with Gasteiger partial charge in [-0.2, -0.15) is 13.2 Å². The summed E-state index contributed by atoms with van der Waals surface area (Å²) in [5.74, 6) is 0.115. The van der Waals surface area contributed by atoms with Gasteiger partial charge in [-0.1, -0.05) is 18.2 Å². The highest BCUT2D eigenvalue weighted by atomic mass is 19.4. The van der Waals surface area contributed by atoms with Crippen LogP contribution >= 0.6 is 0 Å². The van der Waals surface area contributed by atoms with Crippen LogP contribution in [-0.2, 0) is 6.18 Å². The topological polar surface area (TPSA) is 32.3 Å². The third-order valence-electron chi connectivity index (χ3n) is 4.31. The van der Waals surface area contributed by atoms with Crippen LogP contribution in [0.5, 0.6) is 0 Å². The monoisotopic (exact) mass is 336 g/mol. The van der Waals surface area contributed by atoms with E-state index in [2.05, 4.69) is 14.9 Å². The van der Waals surface area contributed by atoms with Gasteiger partial charge in [-0.15, -0.1) is 0 Å². The minimum absolute atomic E-state index is 0.0717. The summed E-state index contributed by atoms with van der Waals surface area (Å²) in [4.78, 5) is 11.7. The molecule has 2 aromatic rings. The molecule has 24 heavy (non-hydrogen) atoms. The summed E-state index contributed by atoms with van der Waals surface area (Å²) in [5.41, 5.74) is 0.218. The Kier molecular flexibility index (Phi) is 4.59. The highest BCUT2D eigenvalue weighted by Crippen LogP contribution is 2.29. The molecular weight excluding hydrogens is 317 g/mol. The number of hydrogen-bond donors (Lipinski definition) is 0. The number of benzene rings is 1. The van der Waals surface area contributed by atoms with Crippen molar-refractivity contribution in [1.82, 2.24) is 9.97 Å². The van der Waals surface area contributed by atoms with Crippen LogP contribution in [0.25, 0.3) is 0 Å². The van der Waals surface area contributed by atoms with E-state index in [1.165, 1.54) is 6.20 Å². The minimum atomic E-state index is -4.46. The number of hydrogen-bond acceptors (Lipinski definition) is 4. The molecule has 128 valence electrons. The molecule has 1 aromatic carbocycles. The van der Waals surface area contributed by atoms with Crippen molar-refractivity contribution < 1.29 is 13.2 Å². The van der Waals surface area contributed by atoms with Crippen molar-refractivity contribution in [3.8, 4) is 0 Å². The fourth-order valence-electron chi connectivity index (χ4n) is 2.98. The molecule has 0 bridgehead atoms. The fourth-order valence-corrected chi connectivity index (χ4v) is 2.98. The first kappa shape index (κ1) is 16.5. The Morgan fingerprint density at radius 1 is 1.17 bits per heavy atom. The van der Waals surface area contributed by atoms with Crippen LogP contribution in [0, 0.1) is 0 Å². The number of likely N-dealkylation sites (N-methyl/N-ethyl adjacent to an activating group) is 1. The number of piperidine rings is 1. The first-order valence-electron chi connectivity index (χ1n) is 7.88. The van der Waals surface area contributed by atoms with E-state index in [1.54, 1.807) is 11.9 Å². The van der Waals surface area contributed by atoms with E-state index in [4.69, 9.17) is 0 Å². The Balaban J connectivity index is 1.76. The highest BCUT2D eigenvalue weighted by molar-refractivity contribution is 5.47. The quantitative estimate of drug-likeness (QED) is 0.857. The Hall–Kier alpha value is -2.31. The van der Waals surface area contributed by atoms with Crippen LogP contribution < -0.4 is 9.80 Å². The summed E-state index contributed by atoms with van der Waals surface area (Å²) in [6.45, 7) is 1.68. The summed E-state index contributed by atoms with van der Waals surface area (Å²) >= 11 is 0. The van der Waals surface area contributed by atoms with Crippen LogP contribution in [0.15, 0.2) is 42.6 Å². The van der Waals surface area contributed by atoms with Gasteiger partial charge < -0.3 is 9.80 Å². The third kappa shape index (κ3) is 3.60. The Labute approximate surface area is 138 Å². The Morgan fingerprint density at radius 3 is 2.62 bits per heavy atom. The highest BCUT2D eigenvalue weighted by Gasteiger charge is 2.34. The maximum Gasteiger partial charge on any atom is 0.433 e. The lowest BCUT2D eigenvalue weighted by Gasteiger charge is -2.38. The zero-order valence-corrected chi connectivity index (χ0v) is 13.4. The van der Waals surface area contributed by atoms with E-state index in [0.29, 0.717) is 0 Å². The number of para-hydroxylation sites is 1. The summed E-state index contributed by atoms with van der Waals surface area (Å²) in [6.07, 6.45) is -1.41. The molecule has 1 atom stereocenters. The molecule has 4 nitrogen and oxygen atoms in total. The van der Waals surface area contributed by atoms with Gasteiger partial charge >= 0.3 is 6.18 Å². The van der Waals surface area contributed by atoms with Crippen molar-refractivity contribution in [2.24, 2.45) is 0 Å². The molecule has 0 radical (unpaired) electrons. The number of anilines is 2. The van der Waals surface area contributed by atoms with Crippen molar-refractivity contribution in [1.29, 1.82) is 0 Å². The molecule has 0 N–H and O–H groups in total. The van der Waals surface area contributed by atoms with Crippen LogP contribution in [0.3, 0.4) is 0 Å². The van der Waals surface area contributed by atoms with Crippen molar-refractivity contribution >= 4 is 11.6 Å². The largest absolute Gasteiger partial charge is 0.433 e. The van der Waals surface area contributed by atoms with Gasteiger partial charge in [0.2, 0.25) is 5.95 Å². The summed E-state index contributed by atoms with van der Waals surface area (Å²) < 4.78 is 38.5. The molecular formula is C17H19F3N4. The SMILES string of the molecule is CN(c1nccc(C(F)(F)F)n1)C1CCCN(c2ccccc2)C1. The molecule has 1 fully saturated rings. The number of nitrogens with zero attached hydrogens (tertiary/aromatic N) is 4. The molecule has 2 heterocycles. The van der Waals surface area contributed by atoms with Gasteiger partial charge in [0.25, 0.3) is 0 Å². The average molecular weight is 336 g/mol. The molecule has 0 amide bonds. The predicted octanol–water partition coefficient (Wildman–Crippen LogP) is 3.60. The first-order chi connectivity index (χ1) is 11.4. The van der Waals surface area contributed by atoms with Crippen molar-refractivity contribution in [3.05, 3.63) is 48.3 Å². The van der Waals surface area contributed by atoms with Crippen molar-refractivity contribution in [3.63, 3.8) is 0 Å². The molecule has 1 saturated heterocycles. The molecule has 1 aliphatic heterocycles. The van der Waals surface area contributed by atoms with Gasteiger partial charge in [-0.05, 0) is 31.0 Å². The summed E-state index contributed by atoms with van der Waals surface area (Å²) in [6, 6.07) is 11.0.